The van der Waals surface area contributed by atoms with Gasteiger partial charge >= 0.3 is 0 Å². The molecular weight excluding hydrogens is 338 g/mol. The highest BCUT2D eigenvalue weighted by Crippen LogP contribution is 2.59. The Morgan fingerprint density at radius 3 is 2.40 bits per heavy atom. The van der Waals surface area contributed by atoms with Crippen LogP contribution < -0.4 is 4.72 Å². The first-order chi connectivity index (χ1) is 9.30. The highest BCUT2D eigenvalue weighted by Gasteiger charge is 2.54. The number of sulfonamides is 1. The molecule has 3 nitrogen and oxygen atoms in total. The Kier molecular flexibility index (Phi) is 3.50. The predicted octanol–water partition coefficient (Wildman–Crippen LogP) is 3.55. The van der Waals surface area contributed by atoms with Gasteiger partial charge in [0.15, 0.2) is 0 Å². The Hall–Kier alpha value is -0.390. The Bertz CT molecular complexity index is 607. The molecule has 4 rings (SSSR count). The van der Waals surface area contributed by atoms with Crippen molar-refractivity contribution in [2.75, 3.05) is 0 Å². The first-order valence-electron chi connectivity index (χ1n) is 7.08. The van der Waals surface area contributed by atoms with Crippen LogP contribution in [-0.2, 0) is 10.0 Å². The summed E-state index contributed by atoms with van der Waals surface area (Å²) in [5, 5.41) is 0. The molecule has 1 aromatic carbocycles. The molecule has 5 heteroatoms. The molecule has 2 bridgehead atoms. The van der Waals surface area contributed by atoms with E-state index in [1.54, 1.807) is 24.3 Å². The summed E-state index contributed by atoms with van der Waals surface area (Å²) in [7, 11) is -3.41. The van der Waals surface area contributed by atoms with E-state index < -0.39 is 10.0 Å². The summed E-state index contributed by atoms with van der Waals surface area (Å²) >= 11 is 3.33. The van der Waals surface area contributed by atoms with Gasteiger partial charge in [-0.1, -0.05) is 29.8 Å². The molecule has 3 aliphatic carbocycles. The zero-order valence-corrected chi connectivity index (χ0v) is 14.2. The smallest absolute Gasteiger partial charge is 0.208 e. The minimum Gasteiger partial charge on any atom is -0.208 e. The molecular formula is C15H20BrNO2S. The second kappa shape index (κ2) is 4.82. The topological polar surface area (TPSA) is 46.2 Å². The normalized spacial score (nSPS) is 31.6. The Morgan fingerprint density at radius 1 is 1.20 bits per heavy atom. The van der Waals surface area contributed by atoms with Crippen molar-refractivity contribution in [3.63, 3.8) is 0 Å². The minimum absolute atomic E-state index is 0.0867. The van der Waals surface area contributed by atoms with E-state index in [0.29, 0.717) is 10.8 Å². The van der Waals surface area contributed by atoms with E-state index in [9.17, 15) is 8.42 Å². The lowest BCUT2D eigenvalue weighted by Gasteiger charge is -2.60. The van der Waals surface area contributed by atoms with Crippen molar-refractivity contribution in [3.05, 3.63) is 28.7 Å². The fourth-order valence-electron chi connectivity index (χ4n) is 3.83. The van der Waals surface area contributed by atoms with Crippen molar-refractivity contribution in [1.29, 1.82) is 0 Å². The van der Waals surface area contributed by atoms with Gasteiger partial charge in [-0.15, -0.1) is 0 Å². The second-order valence-corrected chi connectivity index (χ2v) is 9.25. The molecule has 0 saturated heterocycles. The maximum Gasteiger partial charge on any atom is 0.240 e. The van der Waals surface area contributed by atoms with Crippen LogP contribution in [0.3, 0.4) is 0 Å². The van der Waals surface area contributed by atoms with Crippen molar-refractivity contribution in [1.82, 2.24) is 4.72 Å². The second-order valence-electron chi connectivity index (χ2n) is 6.62. The third-order valence-electron chi connectivity index (χ3n) is 5.29. The fourth-order valence-corrected chi connectivity index (χ4v) is 5.41. The molecule has 3 saturated carbocycles. The minimum atomic E-state index is -3.41. The molecule has 20 heavy (non-hydrogen) atoms. The third kappa shape index (κ3) is 2.34. The molecule has 0 spiro atoms. The molecule has 110 valence electrons. The van der Waals surface area contributed by atoms with Crippen molar-refractivity contribution < 1.29 is 8.42 Å². The van der Waals surface area contributed by atoms with E-state index in [-0.39, 0.29) is 11.5 Å². The van der Waals surface area contributed by atoms with Gasteiger partial charge in [0.1, 0.15) is 0 Å². The number of hydrogen-bond acceptors (Lipinski definition) is 2. The monoisotopic (exact) mass is 357 g/mol. The highest BCUT2D eigenvalue weighted by atomic mass is 79.9. The fraction of sp³-hybridized carbons (Fsp3) is 0.600. The maximum absolute atomic E-state index is 12.5. The molecule has 0 radical (unpaired) electrons. The predicted molar refractivity (Wildman–Crippen MR) is 82.9 cm³/mol. The number of fused-ring (bicyclic) bond motifs is 2. The van der Waals surface area contributed by atoms with Gasteiger partial charge in [0.2, 0.25) is 10.0 Å². The molecule has 0 heterocycles. The quantitative estimate of drug-likeness (QED) is 0.898. The highest BCUT2D eigenvalue weighted by molar-refractivity contribution is 9.10. The van der Waals surface area contributed by atoms with Crippen LogP contribution in [0.4, 0.5) is 0 Å². The first-order valence-corrected chi connectivity index (χ1v) is 9.36. The summed E-state index contributed by atoms with van der Waals surface area (Å²) in [6, 6.07) is 6.90. The Balaban J connectivity index is 1.78. The first kappa shape index (κ1) is 14.5. The van der Waals surface area contributed by atoms with Gasteiger partial charge < -0.3 is 0 Å². The lowest BCUT2D eigenvalue weighted by Crippen LogP contribution is -2.59. The molecule has 1 N–H and O–H groups in total. The molecule has 3 fully saturated rings. The van der Waals surface area contributed by atoms with Gasteiger partial charge in [-0.2, -0.15) is 0 Å². The van der Waals surface area contributed by atoms with Gasteiger partial charge in [-0.3, -0.25) is 0 Å². The van der Waals surface area contributed by atoms with Gasteiger partial charge in [0, 0.05) is 10.5 Å². The maximum atomic E-state index is 12.5. The van der Waals surface area contributed by atoms with E-state index >= 15 is 0 Å². The van der Waals surface area contributed by atoms with E-state index in [2.05, 4.69) is 34.5 Å². The summed E-state index contributed by atoms with van der Waals surface area (Å²) in [5.74, 6) is 1.26. The summed E-state index contributed by atoms with van der Waals surface area (Å²) in [5.41, 5.74) is 0.283. The van der Waals surface area contributed by atoms with Crippen LogP contribution in [0.2, 0.25) is 0 Å². The van der Waals surface area contributed by atoms with E-state index in [4.69, 9.17) is 0 Å². The molecule has 1 aromatic rings. The summed E-state index contributed by atoms with van der Waals surface area (Å²) in [6.07, 6.45) is 3.27. The molecule has 3 atom stereocenters. The molecule has 0 amide bonds. The van der Waals surface area contributed by atoms with Crippen LogP contribution in [0, 0.1) is 17.3 Å². The van der Waals surface area contributed by atoms with Crippen molar-refractivity contribution in [2.45, 2.75) is 44.0 Å². The van der Waals surface area contributed by atoms with Gasteiger partial charge in [0.25, 0.3) is 0 Å². The van der Waals surface area contributed by atoms with Crippen LogP contribution in [0.15, 0.2) is 33.6 Å². The average Bonchev–Trinajstić information content (AvgIpc) is 2.38. The summed E-state index contributed by atoms with van der Waals surface area (Å²) < 4.78 is 28.7. The van der Waals surface area contributed by atoms with Gasteiger partial charge in [0.05, 0.1) is 4.90 Å². The lowest BCUT2D eigenvalue weighted by molar-refractivity contribution is -0.0816. The number of benzene rings is 1. The standard InChI is InChI=1S/C15H20BrNO2S/c1-15(2)10-3-8-14(13(15)9-10)17-20(18,19)12-6-4-11(16)5-7-12/h4-7,10,13-14,17H,3,8-9H2,1-2H3. The number of rotatable bonds is 3. The van der Waals surface area contributed by atoms with Crippen molar-refractivity contribution in [3.8, 4) is 0 Å². The number of nitrogens with one attached hydrogen (secondary N) is 1. The van der Waals surface area contributed by atoms with Crippen LogP contribution in [0.25, 0.3) is 0 Å². The van der Waals surface area contributed by atoms with Crippen LogP contribution in [-0.4, -0.2) is 14.5 Å². The zero-order chi connectivity index (χ0) is 14.5. The largest absolute Gasteiger partial charge is 0.240 e. The van der Waals surface area contributed by atoms with Gasteiger partial charge in [-0.25, -0.2) is 13.1 Å². The van der Waals surface area contributed by atoms with E-state index in [1.165, 1.54) is 6.42 Å². The van der Waals surface area contributed by atoms with Crippen molar-refractivity contribution in [2.24, 2.45) is 17.3 Å². The van der Waals surface area contributed by atoms with Crippen molar-refractivity contribution >= 4 is 26.0 Å². The lowest BCUT2D eigenvalue weighted by atomic mass is 9.47. The number of hydrogen-bond donors (Lipinski definition) is 1. The molecule has 3 unspecified atom stereocenters. The summed E-state index contributed by atoms with van der Waals surface area (Å²) in [6.45, 7) is 4.54. The molecule has 0 aromatic heterocycles. The van der Waals surface area contributed by atoms with Gasteiger partial charge in [-0.05, 0) is 60.8 Å². The van der Waals surface area contributed by atoms with Crippen LogP contribution in [0.5, 0.6) is 0 Å². The zero-order valence-electron chi connectivity index (χ0n) is 11.8. The Labute approximate surface area is 129 Å². The molecule has 3 aliphatic rings. The number of halogens is 1. The van der Waals surface area contributed by atoms with Crippen LogP contribution in [0.1, 0.15) is 33.1 Å². The molecule has 0 aliphatic heterocycles. The average molecular weight is 358 g/mol. The van der Waals surface area contributed by atoms with Crippen LogP contribution >= 0.6 is 15.9 Å². The van der Waals surface area contributed by atoms with E-state index in [0.717, 1.165) is 23.2 Å². The SMILES string of the molecule is CC1(C)C2CCC(NS(=O)(=O)c3ccc(Br)cc3)C1C2. The third-order valence-corrected chi connectivity index (χ3v) is 7.32. The summed E-state index contributed by atoms with van der Waals surface area (Å²) in [4.78, 5) is 0.347. The van der Waals surface area contributed by atoms with E-state index in [1.807, 2.05) is 0 Å². The Morgan fingerprint density at radius 2 is 1.85 bits per heavy atom.